The fourth-order valence-electron chi connectivity index (χ4n) is 6.14. The van der Waals surface area contributed by atoms with Crippen LogP contribution in [-0.4, -0.2) is 20.2 Å². The zero-order valence-electron chi connectivity index (χ0n) is 18.9. The van der Waals surface area contributed by atoms with E-state index in [0.29, 0.717) is 17.6 Å². The summed E-state index contributed by atoms with van der Waals surface area (Å²) >= 11 is 0. The van der Waals surface area contributed by atoms with E-state index in [2.05, 4.69) is 88.4 Å². The molecule has 0 heterocycles. The van der Waals surface area contributed by atoms with E-state index in [1.165, 1.54) is 10.4 Å². The van der Waals surface area contributed by atoms with Gasteiger partial charge in [0, 0.05) is 18.4 Å². The molecule has 160 valence electrons. The van der Waals surface area contributed by atoms with Crippen LogP contribution in [0.25, 0.3) is 0 Å². The van der Waals surface area contributed by atoms with E-state index in [4.69, 9.17) is 4.43 Å². The SMILES string of the molecule is C[C@@H]1CC[C@@H]2C(=O)CCC[C@@H](O[Si](c3ccccc3)(c3ccccc3)C(C)(C)C)[C@@H]12. The number of hydrogen-bond acceptors (Lipinski definition) is 2. The van der Waals surface area contributed by atoms with Crippen LogP contribution in [-0.2, 0) is 9.22 Å². The third-order valence-corrected chi connectivity index (χ3v) is 12.6. The van der Waals surface area contributed by atoms with Crippen molar-refractivity contribution in [2.75, 3.05) is 0 Å². The van der Waals surface area contributed by atoms with Gasteiger partial charge in [0.25, 0.3) is 8.32 Å². The minimum Gasteiger partial charge on any atom is -0.404 e. The van der Waals surface area contributed by atoms with Gasteiger partial charge in [-0.1, -0.05) is 88.4 Å². The molecule has 2 fully saturated rings. The summed E-state index contributed by atoms with van der Waals surface area (Å²) in [7, 11) is -2.58. The van der Waals surface area contributed by atoms with Gasteiger partial charge in [-0.3, -0.25) is 4.79 Å². The monoisotopic (exact) mass is 420 g/mol. The van der Waals surface area contributed by atoms with Gasteiger partial charge < -0.3 is 4.43 Å². The van der Waals surface area contributed by atoms with Crippen LogP contribution < -0.4 is 10.4 Å². The smallest absolute Gasteiger partial charge is 0.261 e. The summed E-state index contributed by atoms with van der Waals surface area (Å²) in [5, 5.41) is 2.64. The van der Waals surface area contributed by atoms with Crippen LogP contribution in [0.1, 0.15) is 59.8 Å². The molecule has 2 aromatic carbocycles. The summed E-state index contributed by atoms with van der Waals surface area (Å²) in [6.07, 6.45) is 5.05. The minimum atomic E-state index is -2.58. The number of Topliss-reactive ketones (excluding diaryl/α,β-unsaturated/α-hetero) is 1. The Hall–Kier alpha value is -1.71. The average molecular weight is 421 g/mol. The highest BCUT2D eigenvalue weighted by atomic mass is 28.4. The summed E-state index contributed by atoms with van der Waals surface area (Å²) in [5.41, 5.74) is 0. The average Bonchev–Trinajstić information content (AvgIpc) is 3.04. The highest BCUT2D eigenvalue weighted by Crippen LogP contribution is 2.47. The van der Waals surface area contributed by atoms with Crippen molar-refractivity contribution >= 4 is 24.5 Å². The Balaban J connectivity index is 1.85. The Morgan fingerprint density at radius 2 is 1.43 bits per heavy atom. The van der Waals surface area contributed by atoms with Crippen LogP contribution in [0.15, 0.2) is 60.7 Å². The molecule has 2 aromatic rings. The largest absolute Gasteiger partial charge is 0.404 e. The van der Waals surface area contributed by atoms with Crippen molar-refractivity contribution < 1.29 is 9.22 Å². The lowest BCUT2D eigenvalue weighted by Gasteiger charge is -2.47. The number of carbonyl (C=O) groups is 1. The number of carbonyl (C=O) groups excluding carboxylic acids is 1. The predicted molar refractivity (Wildman–Crippen MR) is 127 cm³/mol. The first kappa shape index (κ1) is 21.5. The third-order valence-electron chi connectivity index (χ3n) is 7.55. The molecular weight excluding hydrogens is 384 g/mol. The van der Waals surface area contributed by atoms with E-state index >= 15 is 0 Å². The lowest BCUT2D eigenvalue weighted by molar-refractivity contribution is -0.124. The molecule has 30 heavy (non-hydrogen) atoms. The van der Waals surface area contributed by atoms with Gasteiger partial charge in [-0.05, 0) is 52.9 Å². The molecule has 2 aliphatic rings. The van der Waals surface area contributed by atoms with Crippen molar-refractivity contribution in [2.24, 2.45) is 17.8 Å². The Bertz CT molecular complexity index is 816. The molecule has 2 nitrogen and oxygen atoms in total. The second-order valence-corrected chi connectivity index (χ2v) is 14.7. The maximum Gasteiger partial charge on any atom is 0.261 e. The fourth-order valence-corrected chi connectivity index (χ4v) is 10.9. The Kier molecular flexibility index (Phi) is 6.05. The number of fused-ring (bicyclic) bond motifs is 1. The van der Waals surface area contributed by atoms with Gasteiger partial charge in [0.05, 0.1) is 0 Å². The summed E-state index contributed by atoms with van der Waals surface area (Å²) in [5.74, 6) is 1.60. The molecule has 4 atom stereocenters. The lowest BCUT2D eigenvalue weighted by Crippen LogP contribution is -2.68. The summed E-state index contributed by atoms with van der Waals surface area (Å²) < 4.78 is 7.51. The quantitative estimate of drug-likeness (QED) is 0.624. The summed E-state index contributed by atoms with van der Waals surface area (Å²) in [4.78, 5) is 12.8. The third kappa shape index (κ3) is 3.71. The number of rotatable bonds is 4. The van der Waals surface area contributed by atoms with E-state index in [9.17, 15) is 4.79 Å². The van der Waals surface area contributed by atoms with Crippen LogP contribution >= 0.6 is 0 Å². The van der Waals surface area contributed by atoms with Crippen molar-refractivity contribution in [3.8, 4) is 0 Å². The molecule has 0 aliphatic heterocycles. The standard InChI is InChI=1S/C27H36O2Si/c1-20-18-19-23-24(28)16-11-17-25(26(20)23)29-30(27(2,3)4,21-12-7-5-8-13-21)22-14-9-6-10-15-22/h5-10,12-15,20,23,25-26H,11,16-19H2,1-4H3/t20-,23-,25-,26+/m1/s1. The van der Waals surface area contributed by atoms with Crippen molar-refractivity contribution in [3.63, 3.8) is 0 Å². The van der Waals surface area contributed by atoms with Gasteiger partial charge in [0.15, 0.2) is 0 Å². The van der Waals surface area contributed by atoms with Crippen molar-refractivity contribution in [3.05, 3.63) is 60.7 Å². The van der Waals surface area contributed by atoms with Crippen LogP contribution in [0.4, 0.5) is 0 Å². The number of benzene rings is 2. The van der Waals surface area contributed by atoms with Crippen LogP contribution in [0.5, 0.6) is 0 Å². The molecule has 0 amide bonds. The zero-order valence-corrected chi connectivity index (χ0v) is 19.9. The van der Waals surface area contributed by atoms with Crippen LogP contribution in [0, 0.1) is 17.8 Å². The summed E-state index contributed by atoms with van der Waals surface area (Å²) in [6, 6.07) is 21.8. The molecule has 0 N–H and O–H groups in total. The fraction of sp³-hybridized carbons (Fsp3) is 0.519. The lowest BCUT2D eigenvalue weighted by atomic mass is 9.84. The molecule has 0 unspecified atom stereocenters. The predicted octanol–water partition coefficient (Wildman–Crippen LogP) is 5.35. The number of hydrogen-bond donors (Lipinski definition) is 0. The van der Waals surface area contributed by atoms with Crippen LogP contribution in [0.3, 0.4) is 0 Å². The second kappa shape index (κ2) is 8.43. The maximum absolute atomic E-state index is 12.8. The molecule has 2 aliphatic carbocycles. The maximum atomic E-state index is 12.8. The van der Waals surface area contributed by atoms with E-state index in [-0.39, 0.29) is 17.1 Å². The normalized spacial score (nSPS) is 27.5. The van der Waals surface area contributed by atoms with Crippen molar-refractivity contribution in [2.45, 2.75) is 70.9 Å². The van der Waals surface area contributed by atoms with Crippen molar-refractivity contribution in [1.82, 2.24) is 0 Å². The molecule has 0 spiro atoms. The first-order valence-corrected chi connectivity index (χ1v) is 13.6. The molecule has 2 saturated carbocycles. The summed E-state index contributed by atoms with van der Waals surface area (Å²) in [6.45, 7) is 9.37. The Labute approximate surface area is 183 Å². The van der Waals surface area contributed by atoms with E-state index < -0.39 is 8.32 Å². The molecule has 0 saturated heterocycles. The molecule has 0 aromatic heterocycles. The van der Waals surface area contributed by atoms with E-state index in [0.717, 1.165) is 32.1 Å². The molecule has 4 rings (SSSR count). The van der Waals surface area contributed by atoms with E-state index in [1.54, 1.807) is 0 Å². The van der Waals surface area contributed by atoms with Crippen LogP contribution in [0.2, 0.25) is 5.04 Å². The molecular formula is C27H36O2Si. The van der Waals surface area contributed by atoms with Gasteiger partial charge in [0.1, 0.15) is 5.78 Å². The highest BCUT2D eigenvalue weighted by Gasteiger charge is 2.54. The first-order chi connectivity index (χ1) is 14.3. The molecule has 3 heteroatoms. The minimum absolute atomic E-state index is 0.0244. The van der Waals surface area contributed by atoms with Gasteiger partial charge >= 0.3 is 0 Å². The number of ketones is 1. The first-order valence-electron chi connectivity index (χ1n) is 11.7. The van der Waals surface area contributed by atoms with Gasteiger partial charge in [-0.15, -0.1) is 0 Å². The second-order valence-electron chi connectivity index (χ2n) is 10.4. The van der Waals surface area contributed by atoms with Crippen molar-refractivity contribution in [1.29, 1.82) is 0 Å². The van der Waals surface area contributed by atoms with Gasteiger partial charge in [-0.25, -0.2) is 0 Å². The highest BCUT2D eigenvalue weighted by molar-refractivity contribution is 6.99. The molecule has 0 bridgehead atoms. The van der Waals surface area contributed by atoms with Gasteiger partial charge in [0.2, 0.25) is 0 Å². The topological polar surface area (TPSA) is 26.3 Å². The Morgan fingerprint density at radius 3 is 1.97 bits per heavy atom. The van der Waals surface area contributed by atoms with Gasteiger partial charge in [-0.2, -0.15) is 0 Å². The zero-order chi connectivity index (χ0) is 21.4. The molecule has 0 radical (unpaired) electrons. The Morgan fingerprint density at radius 1 is 0.867 bits per heavy atom. The van der Waals surface area contributed by atoms with E-state index in [1.807, 2.05) is 0 Å².